The summed E-state index contributed by atoms with van der Waals surface area (Å²) >= 11 is 0. The quantitative estimate of drug-likeness (QED) is 0.635. The molecule has 7 heteroatoms. The zero-order chi connectivity index (χ0) is 20.4. The Morgan fingerprint density at radius 1 is 1.17 bits per heavy atom. The fourth-order valence-corrected chi connectivity index (χ4v) is 4.08. The lowest BCUT2D eigenvalue weighted by Gasteiger charge is -2.26. The third kappa shape index (κ3) is 4.06. The first-order valence-corrected chi connectivity index (χ1v) is 9.74. The maximum absolute atomic E-state index is 13.6. The molecule has 1 atom stereocenters. The number of hydrogen-bond donors (Lipinski definition) is 0. The molecular weight excluding hydrogens is 376 g/mol. The number of methoxy groups -OCH3 is 1. The molecule has 1 aliphatic heterocycles. The molecule has 1 aliphatic rings. The summed E-state index contributed by atoms with van der Waals surface area (Å²) in [5.74, 6) is -0.492. The van der Waals surface area contributed by atoms with Gasteiger partial charge in [0.15, 0.2) is 0 Å². The molecule has 152 valence electrons. The van der Waals surface area contributed by atoms with Gasteiger partial charge < -0.3 is 4.74 Å². The van der Waals surface area contributed by atoms with Crippen LogP contribution in [0.15, 0.2) is 47.3 Å². The standard InChI is InChI=1S/C22H23F2N3O2/c1-29-10-9-27-21(25-19-6-3-2-5-18(19)22(27)28)20-7-4-8-26(20)14-15-11-16(23)13-17(24)12-15/h2-3,5-6,11-13,20H,4,7-10,14H2,1H3. The minimum atomic E-state index is -0.586. The summed E-state index contributed by atoms with van der Waals surface area (Å²) in [4.78, 5) is 20.1. The van der Waals surface area contributed by atoms with Crippen molar-refractivity contribution in [1.82, 2.24) is 14.5 Å². The second kappa shape index (κ2) is 8.39. The molecule has 1 saturated heterocycles. The number of ether oxygens (including phenoxy) is 1. The van der Waals surface area contributed by atoms with Crippen molar-refractivity contribution in [2.24, 2.45) is 0 Å². The highest BCUT2D eigenvalue weighted by Crippen LogP contribution is 2.32. The first-order valence-electron chi connectivity index (χ1n) is 9.74. The molecule has 0 radical (unpaired) electrons. The molecule has 0 saturated carbocycles. The van der Waals surface area contributed by atoms with Crippen LogP contribution in [0.2, 0.25) is 0 Å². The second-order valence-electron chi connectivity index (χ2n) is 7.34. The number of aromatic nitrogens is 2. The van der Waals surface area contributed by atoms with Gasteiger partial charge in [-0.1, -0.05) is 12.1 Å². The van der Waals surface area contributed by atoms with Crippen LogP contribution in [0.25, 0.3) is 10.9 Å². The lowest BCUT2D eigenvalue weighted by molar-refractivity contribution is 0.178. The average Bonchev–Trinajstić information content (AvgIpc) is 3.14. The van der Waals surface area contributed by atoms with E-state index in [0.717, 1.165) is 25.5 Å². The normalized spacial score (nSPS) is 17.3. The molecule has 0 spiro atoms. The molecule has 0 N–H and O–H groups in total. The van der Waals surface area contributed by atoms with Crippen LogP contribution in [0.4, 0.5) is 8.78 Å². The highest BCUT2D eigenvalue weighted by molar-refractivity contribution is 5.77. The molecule has 0 aliphatic carbocycles. The van der Waals surface area contributed by atoms with E-state index < -0.39 is 11.6 Å². The van der Waals surface area contributed by atoms with E-state index in [4.69, 9.17) is 9.72 Å². The number of rotatable bonds is 6. The van der Waals surface area contributed by atoms with Crippen molar-refractivity contribution in [3.8, 4) is 0 Å². The fraction of sp³-hybridized carbons (Fsp3) is 0.364. The first kappa shape index (κ1) is 19.7. The Balaban J connectivity index is 1.74. The predicted molar refractivity (Wildman–Crippen MR) is 107 cm³/mol. The Morgan fingerprint density at radius 3 is 2.69 bits per heavy atom. The van der Waals surface area contributed by atoms with E-state index in [2.05, 4.69) is 4.90 Å². The Kier molecular flexibility index (Phi) is 5.69. The van der Waals surface area contributed by atoms with Crippen molar-refractivity contribution >= 4 is 10.9 Å². The van der Waals surface area contributed by atoms with Gasteiger partial charge in [0.2, 0.25) is 0 Å². The summed E-state index contributed by atoms with van der Waals surface area (Å²) < 4.78 is 34.1. The first-order chi connectivity index (χ1) is 14.1. The monoisotopic (exact) mass is 399 g/mol. The Labute approximate surface area is 167 Å². The maximum Gasteiger partial charge on any atom is 0.261 e. The van der Waals surface area contributed by atoms with Gasteiger partial charge in [-0.05, 0) is 49.2 Å². The van der Waals surface area contributed by atoms with Gasteiger partial charge in [-0.25, -0.2) is 13.8 Å². The Hall–Kier alpha value is -2.64. The third-order valence-corrected chi connectivity index (χ3v) is 5.38. The number of fused-ring (bicyclic) bond motifs is 1. The highest BCUT2D eigenvalue weighted by Gasteiger charge is 2.30. The zero-order valence-corrected chi connectivity index (χ0v) is 16.3. The van der Waals surface area contributed by atoms with Gasteiger partial charge in [-0.15, -0.1) is 0 Å². The SMILES string of the molecule is COCCn1c(C2CCCN2Cc2cc(F)cc(F)c2)nc2ccccc2c1=O. The summed E-state index contributed by atoms with van der Waals surface area (Å²) in [6.45, 7) is 1.97. The van der Waals surface area contributed by atoms with E-state index in [0.29, 0.717) is 42.0 Å². The summed E-state index contributed by atoms with van der Waals surface area (Å²) in [5.41, 5.74) is 1.14. The van der Waals surface area contributed by atoms with Crippen LogP contribution < -0.4 is 5.56 Å². The Bertz CT molecular complexity index is 1060. The molecule has 1 fully saturated rings. The van der Waals surface area contributed by atoms with Gasteiger partial charge >= 0.3 is 0 Å². The van der Waals surface area contributed by atoms with E-state index >= 15 is 0 Å². The van der Waals surface area contributed by atoms with Crippen LogP contribution in [-0.4, -0.2) is 34.7 Å². The molecule has 2 aromatic carbocycles. The van der Waals surface area contributed by atoms with Gasteiger partial charge in [0.05, 0.1) is 30.1 Å². The maximum atomic E-state index is 13.6. The number of halogens is 2. The smallest absolute Gasteiger partial charge is 0.261 e. The van der Waals surface area contributed by atoms with Gasteiger partial charge in [-0.2, -0.15) is 0 Å². The molecule has 0 amide bonds. The molecule has 0 bridgehead atoms. The summed E-state index contributed by atoms with van der Waals surface area (Å²) in [5, 5.41) is 0.573. The fourth-order valence-electron chi connectivity index (χ4n) is 4.08. The molecule has 2 heterocycles. The van der Waals surface area contributed by atoms with Crippen LogP contribution in [0.5, 0.6) is 0 Å². The van der Waals surface area contributed by atoms with Crippen molar-refractivity contribution in [2.75, 3.05) is 20.3 Å². The van der Waals surface area contributed by atoms with E-state index in [9.17, 15) is 13.6 Å². The number of nitrogens with zero attached hydrogens (tertiary/aromatic N) is 3. The van der Waals surface area contributed by atoms with Crippen molar-refractivity contribution in [3.05, 3.63) is 75.8 Å². The second-order valence-corrected chi connectivity index (χ2v) is 7.34. The molecule has 29 heavy (non-hydrogen) atoms. The lowest BCUT2D eigenvalue weighted by atomic mass is 10.1. The van der Waals surface area contributed by atoms with Crippen molar-refractivity contribution in [1.29, 1.82) is 0 Å². The highest BCUT2D eigenvalue weighted by atomic mass is 19.1. The van der Waals surface area contributed by atoms with Crippen LogP contribution in [0, 0.1) is 11.6 Å². The zero-order valence-electron chi connectivity index (χ0n) is 16.3. The van der Waals surface area contributed by atoms with Crippen molar-refractivity contribution < 1.29 is 13.5 Å². The van der Waals surface area contributed by atoms with Crippen LogP contribution in [-0.2, 0) is 17.8 Å². The van der Waals surface area contributed by atoms with Gasteiger partial charge in [0.1, 0.15) is 17.5 Å². The number of para-hydroxylation sites is 1. The van der Waals surface area contributed by atoms with Gasteiger partial charge in [0, 0.05) is 19.7 Å². The lowest BCUT2D eigenvalue weighted by Crippen LogP contribution is -2.33. The minimum absolute atomic E-state index is 0.0914. The summed E-state index contributed by atoms with van der Waals surface area (Å²) in [7, 11) is 1.60. The van der Waals surface area contributed by atoms with Crippen LogP contribution in [0.3, 0.4) is 0 Å². The van der Waals surface area contributed by atoms with Crippen molar-refractivity contribution in [3.63, 3.8) is 0 Å². The van der Waals surface area contributed by atoms with E-state index in [1.165, 1.54) is 12.1 Å². The largest absolute Gasteiger partial charge is 0.383 e. The Morgan fingerprint density at radius 2 is 1.93 bits per heavy atom. The molecule has 1 aromatic heterocycles. The van der Waals surface area contributed by atoms with E-state index in [-0.39, 0.29) is 11.6 Å². The molecule has 1 unspecified atom stereocenters. The topological polar surface area (TPSA) is 47.4 Å². The summed E-state index contributed by atoms with van der Waals surface area (Å²) in [6.07, 6.45) is 1.75. The predicted octanol–water partition coefficient (Wildman–Crippen LogP) is 3.66. The number of benzene rings is 2. The summed E-state index contributed by atoms with van der Waals surface area (Å²) in [6, 6.07) is 10.8. The van der Waals surface area contributed by atoms with Crippen molar-refractivity contribution in [2.45, 2.75) is 32.0 Å². The van der Waals surface area contributed by atoms with Crippen LogP contribution >= 0.6 is 0 Å². The van der Waals surface area contributed by atoms with E-state index in [1.54, 1.807) is 17.7 Å². The van der Waals surface area contributed by atoms with Gasteiger partial charge in [0.25, 0.3) is 5.56 Å². The molecule has 3 aromatic rings. The number of hydrogen-bond acceptors (Lipinski definition) is 4. The molecule has 4 rings (SSSR count). The van der Waals surface area contributed by atoms with Gasteiger partial charge in [-0.3, -0.25) is 14.3 Å². The third-order valence-electron chi connectivity index (χ3n) is 5.38. The molecular formula is C22H23F2N3O2. The molecule has 5 nitrogen and oxygen atoms in total. The number of likely N-dealkylation sites (tertiary alicyclic amines) is 1. The average molecular weight is 399 g/mol. The minimum Gasteiger partial charge on any atom is -0.383 e. The van der Waals surface area contributed by atoms with E-state index in [1.807, 2.05) is 18.2 Å². The van der Waals surface area contributed by atoms with Crippen LogP contribution in [0.1, 0.15) is 30.3 Å².